The second-order valence-corrected chi connectivity index (χ2v) is 8.51. The lowest BCUT2D eigenvalue weighted by Gasteiger charge is -2.04. The van der Waals surface area contributed by atoms with Crippen molar-refractivity contribution in [2.45, 2.75) is 0 Å². The molecule has 0 N–H and O–H groups in total. The van der Waals surface area contributed by atoms with Gasteiger partial charge < -0.3 is 0 Å². The van der Waals surface area contributed by atoms with Crippen molar-refractivity contribution in [2.24, 2.45) is 0 Å². The Balaban J connectivity index is 1.74. The van der Waals surface area contributed by atoms with E-state index in [1.54, 1.807) is 0 Å². The third-order valence-electron chi connectivity index (χ3n) is 4.43. The van der Waals surface area contributed by atoms with Crippen LogP contribution in [0.15, 0.2) is 106 Å². The van der Waals surface area contributed by atoms with Crippen LogP contribution < -0.4 is 0 Å². The molecule has 4 rings (SSSR count). The standard InChI is InChI=1S/C28H16Br2/c29-27-14-10-21(11-15-27)6-8-23-18-24(9-7-22-12-16-28(30)17-13-22)20-26(19-23)25-4-2-1-3-5-25/h1-5,10-20H. The van der Waals surface area contributed by atoms with Gasteiger partial charge in [0.25, 0.3) is 0 Å². The molecular weight excluding hydrogens is 496 g/mol. The molecule has 0 radical (unpaired) electrons. The van der Waals surface area contributed by atoms with E-state index in [0.29, 0.717) is 0 Å². The first-order valence-corrected chi connectivity index (χ1v) is 11.0. The van der Waals surface area contributed by atoms with Crippen molar-refractivity contribution in [1.82, 2.24) is 0 Å². The predicted molar refractivity (Wildman–Crippen MR) is 132 cm³/mol. The summed E-state index contributed by atoms with van der Waals surface area (Å²) in [5.74, 6) is 13.1. The molecule has 142 valence electrons. The highest BCUT2D eigenvalue weighted by molar-refractivity contribution is 9.10. The monoisotopic (exact) mass is 510 g/mol. The van der Waals surface area contributed by atoms with E-state index in [1.165, 1.54) is 0 Å². The first-order chi connectivity index (χ1) is 14.7. The number of rotatable bonds is 1. The normalized spacial score (nSPS) is 9.80. The minimum atomic E-state index is 0.944. The minimum absolute atomic E-state index is 0.944. The van der Waals surface area contributed by atoms with Crippen molar-refractivity contribution in [3.05, 3.63) is 128 Å². The first-order valence-electron chi connectivity index (χ1n) is 9.41. The van der Waals surface area contributed by atoms with Crippen molar-refractivity contribution >= 4 is 31.9 Å². The van der Waals surface area contributed by atoms with Crippen LogP contribution >= 0.6 is 31.9 Å². The largest absolute Gasteiger partial charge is 0.0622 e. The molecule has 0 fully saturated rings. The maximum absolute atomic E-state index is 3.46. The van der Waals surface area contributed by atoms with Gasteiger partial charge in [0.05, 0.1) is 0 Å². The van der Waals surface area contributed by atoms with Gasteiger partial charge in [-0.3, -0.25) is 0 Å². The van der Waals surface area contributed by atoms with Crippen LogP contribution in [0.2, 0.25) is 0 Å². The van der Waals surface area contributed by atoms with Gasteiger partial charge in [-0.05, 0) is 77.9 Å². The fourth-order valence-electron chi connectivity index (χ4n) is 2.92. The summed E-state index contributed by atoms with van der Waals surface area (Å²) in [7, 11) is 0. The van der Waals surface area contributed by atoms with E-state index in [-0.39, 0.29) is 0 Å². The Morgan fingerprint density at radius 2 is 0.833 bits per heavy atom. The zero-order valence-corrected chi connectivity index (χ0v) is 19.2. The highest BCUT2D eigenvalue weighted by atomic mass is 79.9. The predicted octanol–water partition coefficient (Wildman–Crippen LogP) is 7.68. The molecule has 30 heavy (non-hydrogen) atoms. The summed E-state index contributed by atoms with van der Waals surface area (Å²) in [5.41, 5.74) is 6.10. The Bertz CT molecular complexity index is 1200. The quantitative estimate of drug-likeness (QED) is 0.230. The van der Waals surface area contributed by atoms with Gasteiger partial charge >= 0.3 is 0 Å². The topological polar surface area (TPSA) is 0 Å². The fraction of sp³-hybridized carbons (Fsp3) is 0. The number of hydrogen-bond donors (Lipinski definition) is 0. The van der Waals surface area contributed by atoms with Crippen LogP contribution in [-0.4, -0.2) is 0 Å². The Hall–Kier alpha value is -3.04. The van der Waals surface area contributed by atoms with Gasteiger partial charge in [0.2, 0.25) is 0 Å². The second kappa shape index (κ2) is 9.64. The molecule has 0 saturated carbocycles. The summed E-state index contributed by atoms with van der Waals surface area (Å²) in [6, 6.07) is 32.6. The molecule has 0 aliphatic heterocycles. The van der Waals surface area contributed by atoms with Crippen LogP contribution in [0.5, 0.6) is 0 Å². The van der Waals surface area contributed by atoms with E-state index in [9.17, 15) is 0 Å². The maximum Gasteiger partial charge on any atom is 0.0267 e. The Labute approximate surface area is 194 Å². The van der Waals surface area contributed by atoms with E-state index < -0.39 is 0 Å². The van der Waals surface area contributed by atoms with E-state index >= 15 is 0 Å². The highest BCUT2D eigenvalue weighted by Gasteiger charge is 2.01. The van der Waals surface area contributed by atoms with Gasteiger partial charge in [0, 0.05) is 31.2 Å². The van der Waals surface area contributed by atoms with E-state index in [2.05, 4.69) is 79.8 Å². The van der Waals surface area contributed by atoms with Crippen molar-refractivity contribution in [3.63, 3.8) is 0 Å². The van der Waals surface area contributed by atoms with Gasteiger partial charge in [-0.25, -0.2) is 0 Å². The Kier molecular flexibility index (Phi) is 6.50. The number of halogens is 2. The van der Waals surface area contributed by atoms with Crippen molar-refractivity contribution in [1.29, 1.82) is 0 Å². The first kappa shape index (κ1) is 20.2. The van der Waals surface area contributed by atoms with Crippen LogP contribution in [0.4, 0.5) is 0 Å². The molecule has 0 heterocycles. The molecule has 0 aliphatic rings. The number of benzene rings is 4. The van der Waals surface area contributed by atoms with E-state index in [4.69, 9.17) is 0 Å². The lowest BCUT2D eigenvalue weighted by molar-refractivity contribution is 1.55. The molecule has 0 aliphatic carbocycles. The summed E-state index contributed by atoms with van der Waals surface area (Å²) >= 11 is 6.92. The molecule has 0 bridgehead atoms. The molecule has 0 saturated heterocycles. The molecule has 0 amide bonds. The van der Waals surface area contributed by atoms with Gasteiger partial charge in [-0.15, -0.1) is 0 Å². The SMILES string of the molecule is Brc1ccc(C#Cc2cc(C#Cc3ccc(Br)cc3)cc(-c3ccccc3)c2)cc1. The lowest BCUT2D eigenvalue weighted by Crippen LogP contribution is -1.85. The van der Waals surface area contributed by atoms with Crippen molar-refractivity contribution < 1.29 is 0 Å². The summed E-state index contributed by atoms with van der Waals surface area (Å²) in [5, 5.41) is 0. The number of hydrogen-bond acceptors (Lipinski definition) is 0. The third kappa shape index (κ3) is 5.52. The summed E-state index contributed by atoms with van der Waals surface area (Å²) in [6.45, 7) is 0. The molecule has 0 aromatic heterocycles. The average Bonchev–Trinajstić information content (AvgIpc) is 2.79. The minimum Gasteiger partial charge on any atom is -0.0622 e. The lowest BCUT2D eigenvalue weighted by atomic mass is 9.99. The second-order valence-electron chi connectivity index (χ2n) is 6.68. The maximum atomic E-state index is 3.46. The van der Waals surface area contributed by atoms with Gasteiger partial charge in [-0.2, -0.15) is 0 Å². The summed E-state index contributed by atoms with van der Waals surface area (Å²) < 4.78 is 2.09. The van der Waals surface area contributed by atoms with Gasteiger partial charge in [-0.1, -0.05) is 85.9 Å². The Morgan fingerprint density at radius 1 is 0.400 bits per heavy atom. The van der Waals surface area contributed by atoms with Crippen LogP contribution in [-0.2, 0) is 0 Å². The molecule has 2 heteroatoms. The summed E-state index contributed by atoms with van der Waals surface area (Å²) in [6.07, 6.45) is 0. The van der Waals surface area contributed by atoms with Crippen LogP contribution in [0, 0.1) is 23.7 Å². The van der Waals surface area contributed by atoms with E-state index in [1.807, 2.05) is 72.8 Å². The molecule has 0 atom stereocenters. The molecular formula is C28H16Br2. The van der Waals surface area contributed by atoms with E-state index in [0.717, 1.165) is 42.3 Å². The molecule has 4 aromatic carbocycles. The van der Waals surface area contributed by atoms with Crippen LogP contribution in [0.3, 0.4) is 0 Å². The smallest absolute Gasteiger partial charge is 0.0267 e. The molecule has 0 unspecified atom stereocenters. The summed E-state index contributed by atoms with van der Waals surface area (Å²) in [4.78, 5) is 0. The zero-order chi connectivity index (χ0) is 20.8. The third-order valence-corrected chi connectivity index (χ3v) is 5.49. The van der Waals surface area contributed by atoms with Crippen LogP contribution in [0.25, 0.3) is 11.1 Å². The van der Waals surface area contributed by atoms with Gasteiger partial charge in [0.15, 0.2) is 0 Å². The highest BCUT2D eigenvalue weighted by Crippen LogP contribution is 2.22. The molecule has 0 spiro atoms. The zero-order valence-electron chi connectivity index (χ0n) is 16.0. The molecule has 0 nitrogen and oxygen atoms in total. The molecule has 4 aromatic rings. The fourth-order valence-corrected chi connectivity index (χ4v) is 3.45. The van der Waals surface area contributed by atoms with Crippen molar-refractivity contribution in [3.8, 4) is 34.8 Å². The average molecular weight is 512 g/mol. The Morgan fingerprint density at radius 3 is 1.30 bits per heavy atom. The van der Waals surface area contributed by atoms with Crippen molar-refractivity contribution in [2.75, 3.05) is 0 Å². The van der Waals surface area contributed by atoms with Gasteiger partial charge in [0.1, 0.15) is 0 Å². The van der Waals surface area contributed by atoms with Crippen LogP contribution in [0.1, 0.15) is 22.3 Å².